The van der Waals surface area contributed by atoms with Gasteiger partial charge in [-0.15, -0.1) is 12.4 Å². The van der Waals surface area contributed by atoms with Crippen LogP contribution in [-0.2, 0) is 4.79 Å². The predicted octanol–water partition coefficient (Wildman–Crippen LogP) is 2.13. The summed E-state index contributed by atoms with van der Waals surface area (Å²) in [4.78, 5) is 11.5. The number of rotatable bonds is 5. The second-order valence-electron chi connectivity index (χ2n) is 4.50. The maximum atomic E-state index is 12.9. The van der Waals surface area contributed by atoms with Crippen molar-refractivity contribution in [2.75, 3.05) is 13.2 Å². The molecule has 0 saturated heterocycles. The second kappa shape index (κ2) is 7.53. The van der Waals surface area contributed by atoms with Crippen LogP contribution in [0.2, 0.25) is 5.02 Å². The van der Waals surface area contributed by atoms with Crippen LogP contribution in [0.1, 0.15) is 13.8 Å². The van der Waals surface area contributed by atoms with Crippen LogP contribution in [0.3, 0.4) is 0 Å². The number of hydrogen-bond donors (Lipinski definition) is 2. The number of benzene rings is 1. The van der Waals surface area contributed by atoms with Crippen molar-refractivity contribution in [3.8, 4) is 5.75 Å². The number of nitrogens with two attached hydrogens (primary N) is 1. The van der Waals surface area contributed by atoms with E-state index in [9.17, 15) is 9.18 Å². The van der Waals surface area contributed by atoms with Crippen LogP contribution in [0, 0.1) is 5.82 Å². The Kier molecular flexibility index (Phi) is 7.11. The van der Waals surface area contributed by atoms with Crippen LogP contribution in [0.25, 0.3) is 0 Å². The van der Waals surface area contributed by atoms with Gasteiger partial charge in [-0.1, -0.05) is 11.6 Å². The van der Waals surface area contributed by atoms with Crippen molar-refractivity contribution in [3.05, 3.63) is 29.0 Å². The Morgan fingerprint density at radius 1 is 1.53 bits per heavy atom. The molecule has 0 atom stereocenters. The molecule has 0 spiro atoms. The normalized spacial score (nSPS) is 10.6. The summed E-state index contributed by atoms with van der Waals surface area (Å²) in [6, 6.07) is 3.90. The molecule has 0 fully saturated rings. The summed E-state index contributed by atoms with van der Waals surface area (Å²) < 4.78 is 18.1. The quantitative estimate of drug-likeness (QED) is 0.875. The minimum atomic E-state index is -0.530. The van der Waals surface area contributed by atoms with E-state index in [0.29, 0.717) is 12.3 Å². The van der Waals surface area contributed by atoms with Crippen molar-refractivity contribution in [2.24, 2.45) is 5.73 Å². The standard InChI is InChI=1S/C12H16ClFN2O2.ClH/c1-12(2,7-15)16-11(17)6-18-8-3-4-10(14)9(13)5-8;/h3-5H,6-7,15H2,1-2H3,(H,16,17);1H. The van der Waals surface area contributed by atoms with Gasteiger partial charge < -0.3 is 15.8 Å². The molecule has 0 aromatic heterocycles. The van der Waals surface area contributed by atoms with Crippen molar-refractivity contribution >= 4 is 29.9 Å². The Morgan fingerprint density at radius 3 is 2.68 bits per heavy atom. The third-order valence-corrected chi connectivity index (χ3v) is 2.54. The summed E-state index contributed by atoms with van der Waals surface area (Å²) >= 11 is 5.59. The molecule has 1 rings (SSSR count). The highest BCUT2D eigenvalue weighted by Gasteiger charge is 2.18. The molecule has 0 aliphatic heterocycles. The first-order chi connectivity index (χ1) is 8.34. The zero-order valence-corrected chi connectivity index (χ0v) is 12.3. The predicted molar refractivity (Wildman–Crippen MR) is 75.4 cm³/mol. The molecule has 0 bridgehead atoms. The number of ether oxygens (including phenoxy) is 1. The van der Waals surface area contributed by atoms with Crippen LogP contribution >= 0.6 is 24.0 Å². The smallest absolute Gasteiger partial charge is 0.258 e. The maximum Gasteiger partial charge on any atom is 0.258 e. The molecule has 3 N–H and O–H groups in total. The first-order valence-corrected chi connectivity index (χ1v) is 5.81. The minimum absolute atomic E-state index is 0. The molecule has 0 radical (unpaired) electrons. The van der Waals surface area contributed by atoms with E-state index in [2.05, 4.69) is 5.32 Å². The average molecular weight is 311 g/mol. The summed E-state index contributed by atoms with van der Waals surface area (Å²) in [5, 5.41) is 2.66. The highest BCUT2D eigenvalue weighted by molar-refractivity contribution is 6.30. The van der Waals surface area contributed by atoms with E-state index >= 15 is 0 Å². The lowest BCUT2D eigenvalue weighted by Gasteiger charge is -2.24. The van der Waals surface area contributed by atoms with E-state index in [4.69, 9.17) is 22.1 Å². The Hall–Kier alpha value is -1.04. The minimum Gasteiger partial charge on any atom is -0.484 e. The number of carbonyl (C=O) groups excluding carboxylic acids is 1. The highest BCUT2D eigenvalue weighted by Crippen LogP contribution is 2.20. The summed E-state index contributed by atoms with van der Waals surface area (Å²) in [5.41, 5.74) is 5.00. The van der Waals surface area contributed by atoms with E-state index < -0.39 is 11.4 Å². The third kappa shape index (κ3) is 6.09. The van der Waals surface area contributed by atoms with Crippen LogP contribution in [0.5, 0.6) is 5.75 Å². The van der Waals surface area contributed by atoms with Gasteiger partial charge in [0, 0.05) is 18.2 Å². The zero-order chi connectivity index (χ0) is 13.8. The average Bonchev–Trinajstić information content (AvgIpc) is 2.30. The first-order valence-electron chi connectivity index (χ1n) is 5.43. The van der Waals surface area contributed by atoms with Crippen molar-refractivity contribution < 1.29 is 13.9 Å². The molecule has 1 aromatic carbocycles. The molecule has 7 heteroatoms. The van der Waals surface area contributed by atoms with Gasteiger partial charge in [0.05, 0.1) is 5.02 Å². The molecule has 0 saturated carbocycles. The molecule has 1 aromatic rings. The summed E-state index contributed by atoms with van der Waals surface area (Å²) in [6.07, 6.45) is 0. The molecule has 0 aliphatic rings. The van der Waals surface area contributed by atoms with Crippen LogP contribution < -0.4 is 15.8 Å². The summed E-state index contributed by atoms with van der Waals surface area (Å²) in [5.74, 6) is -0.495. The highest BCUT2D eigenvalue weighted by atomic mass is 35.5. The molecule has 4 nitrogen and oxygen atoms in total. The van der Waals surface area contributed by atoms with Gasteiger partial charge in [0.2, 0.25) is 0 Å². The summed E-state index contributed by atoms with van der Waals surface area (Å²) in [7, 11) is 0. The molecule has 1 amide bonds. The molecule has 0 unspecified atom stereocenters. The van der Waals surface area contributed by atoms with E-state index in [1.165, 1.54) is 18.2 Å². The van der Waals surface area contributed by atoms with E-state index in [0.717, 1.165) is 0 Å². The molecular formula is C12H17Cl2FN2O2. The topological polar surface area (TPSA) is 64.3 Å². The first kappa shape index (κ1) is 18.0. The number of amides is 1. The number of carbonyl (C=O) groups is 1. The van der Waals surface area contributed by atoms with Crippen LogP contribution in [-0.4, -0.2) is 24.6 Å². The SMILES string of the molecule is CC(C)(CN)NC(=O)COc1ccc(F)c(Cl)c1.Cl. The van der Waals surface area contributed by atoms with Crippen molar-refractivity contribution in [3.63, 3.8) is 0 Å². The Morgan fingerprint density at radius 2 is 2.16 bits per heavy atom. The van der Waals surface area contributed by atoms with Gasteiger partial charge in [-0.25, -0.2) is 4.39 Å². The Bertz CT molecular complexity index is 442. The van der Waals surface area contributed by atoms with Gasteiger partial charge in [-0.3, -0.25) is 4.79 Å². The Labute approximate surface area is 122 Å². The number of halogens is 3. The third-order valence-electron chi connectivity index (χ3n) is 2.25. The number of hydrogen-bond acceptors (Lipinski definition) is 3. The lowest BCUT2D eigenvalue weighted by molar-refractivity contribution is -0.124. The monoisotopic (exact) mass is 310 g/mol. The molecule has 0 aliphatic carbocycles. The van der Waals surface area contributed by atoms with Gasteiger partial charge in [0.25, 0.3) is 5.91 Å². The summed E-state index contributed by atoms with van der Waals surface area (Å²) in [6.45, 7) is 3.76. The van der Waals surface area contributed by atoms with E-state index in [-0.39, 0.29) is 29.9 Å². The van der Waals surface area contributed by atoms with Gasteiger partial charge in [0.15, 0.2) is 6.61 Å². The van der Waals surface area contributed by atoms with Gasteiger partial charge in [0.1, 0.15) is 11.6 Å². The fourth-order valence-electron chi connectivity index (χ4n) is 1.18. The molecule has 0 heterocycles. The van der Waals surface area contributed by atoms with Crippen LogP contribution in [0.15, 0.2) is 18.2 Å². The largest absolute Gasteiger partial charge is 0.484 e. The van der Waals surface area contributed by atoms with Gasteiger partial charge in [-0.05, 0) is 26.0 Å². The lowest BCUT2D eigenvalue weighted by atomic mass is 10.1. The lowest BCUT2D eigenvalue weighted by Crippen LogP contribution is -2.50. The molecule has 108 valence electrons. The van der Waals surface area contributed by atoms with Crippen LogP contribution in [0.4, 0.5) is 4.39 Å². The van der Waals surface area contributed by atoms with E-state index in [1.807, 2.05) is 0 Å². The van der Waals surface area contributed by atoms with Gasteiger partial charge in [-0.2, -0.15) is 0 Å². The second-order valence-corrected chi connectivity index (χ2v) is 4.91. The fourth-order valence-corrected chi connectivity index (χ4v) is 1.35. The van der Waals surface area contributed by atoms with Gasteiger partial charge >= 0.3 is 0 Å². The molecular weight excluding hydrogens is 294 g/mol. The number of nitrogens with one attached hydrogen (secondary N) is 1. The zero-order valence-electron chi connectivity index (χ0n) is 10.7. The van der Waals surface area contributed by atoms with Crippen molar-refractivity contribution in [1.29, 1.82) is 0 Å². The van der Waals surface area contributed by atoms with Crippen molar-refractivity contribution in [1.82, 2.24) is 5.32 Å². The van der Waals surface area contributed by atoms with Crippen molar-refractivity contribution in [2.45, 2.75) is 19.4 Å². The molecule has 19 heavy (non-hydrogen) atoms. The maximum absolute atomic E-state index is 12.9. The Balaban J connectivity index is 0.00000324. The fraction of sp³-hybridized carbons (Fsp3) is 0.417. The van der Waals surface area contributed by atoms with E-state index in [1.54, 1.807) is 13.8 Å².